The van der Waals surface area contributed by atoms with Crippen LogP contribution in [0.5, 0.6) is 5.88 Å². The summed E-state index contributed by atoms with van der Waals surface area (Å²) in [5, 5.41) is 12.8. The van der Waals surface area contributed by atoms with Crippen LogP contribution in [0.2, 0.25) is 0 Å². The topological polar surface area (TPSA) is 73.1 Å². The molecule has 0 radical (unpaired) electrons. The van der Waals surface area contributed by atoms with Gasteiger partial charge in [-0.15, -0.1) is 10.2 Å². The van der Waals surface area contributed by atoms with Gasteiger partial charge in [0.15, 0.2) is 11.5 Å². The van der Waals surface area contributed by atoms with Gasteiger partial charge >= 0.3 is 0 Å². The Kier molecular flexibility index (Phi) is 6.40. The molecule has 0 fully saturated rings. The number of furan rings is 1. The summed E-state index contributed by atoms with van der Waals surface area (Å²) in [6.07, 6.45) is 4.36. The number of hydrogen-bond acceptors (Lipinski definition) is 7. The van der Waals surface area contributed by atoms with Crippen molar-refractivity contribution in [1.29, 1.82) is 0 Å². The quantitative estimate of drug-likeness (QED) is 0.314. The Morgan fingerprint density at radius 2 is 2.03 bits per heavy atom. The maximum Gasteiger partial charge on any atom is 0.247 e. The molecule has 0 spiro atoms. The van der Waals surface area contributed by atoms with Crippen LogP contribution in [0.1, 0.15) is 50.4 Å². The lowest BCUT2D eigenvalue weighted by atomic mass is 10.1. The number of aromatic nitrogens is 3. The van der Waals surface area contributed by atoms with Crippen molar-refractivity contribution in [2.24, 2.45) is 0 Å². The summed E-state index contributed by atoms with van der Waals surface area (Å²) in [5.74, 6) is 2.95. The SMILES string of the molecule is CCCCCCSc1nnc2c(n1)O[C@@H](c1ccc(C)o1)Nc1ccc(Br)cc1-2. The van der Waals surface area contributed by atoms with Gasteiger partial charge in [0.05, 0.1) is 0 Å². The van der Waals surface area contributed by atoms with E-state index in [0.717, 1.165) is 33.7 Å². The molecule has 1 aliphatic rings. The minimum atomic E-state index is -0.496. The second-order valence-electron chi connectivity index (χ2n) is 6.94. The number of benzene rings is 1. The number of hydrogen-bond donors (Lipinski definition) is 1. The first-order valence-corrected chi connectivity index (χ1v) is 11.6. The predicted molar refractivity (Wildman–Crippen MR) is 118 cm³/mol. The lowest BCUT2D eigenvalue weighted by Crippen LogP contribution is -2.16. The second-order valence-corrected chi connectivity index (χ2v) is 8.92. The third-order valence-electron chi connectivity index (χ3n) is 4.64. The van der Waals surface area contributed by atoms with Crippen LogP contribution in [0.15, 0.2) is 44.4 Å². The van der Waals surface area contributed by atoms with Crippen molar-refractivity contribution in [1.82, 2.24) is 15.2 Å². The average Bonchev–Trinajstić information content (AvgIpc) is 3.08. The van der Waals surface area contributed by atoms with Gasteiger partial charge in [-0.1, -0.05) is 53.9 Å². The van der Waals surface area contributed by atoms with Crippen molar-refractivity contribution < 1.29 is 9.15 Å². The van der Waals surface area contributed by atoms with E-state index in [-0.39, 0.29) is 0 Å². The van der Waals surface area contributed by atoms with Gasteiger partial charge in [0.25, 0.3) is 0 Å². The summed E-state index contributed by atoms with van der Waals surface area (Å²) in [6.45, 7) is 4.13. The van der Waals surface area contributed by atoms with E-state index in [9.17, 15) is 0 Å². The van der Waals surface area contributed by atoms with Crippen LogP contribution in [-0.2, 0) is 0 Å². The molecule has 3 heterocycles. The minimum Gasteiger partial charge on any atom is -0.460 e. The molecule has 3 aromatic rings. The summed E-state index contributed by atoms with van der Waals surface area (Å²) in [6, 6.07) is 9.79. The van der Waals surface area contributed by atoms with E-state index < -0.39 is 6.23 Å². The Labute approximate surface area is 183 Å². The van der Waals surface area contributed by atoms with Crippen LogP contribution in [0.25, 0.3) is 11.3 Å². The van der Waals surface area contributed by atoms with Gasteiger partial charge in [0.1, 0.15) is 5.76 Å². The van der Waals surface area contributed by atoms with Crippen LogP contribution >= 0.6 is 27.7 Å². The van der Waals surface area contributed by atoms with E-state index in [0.29, 0.717) is 22.5 Å². The molecule has 29 heavy (non-hydrogen) atoms. The molecule has 0 saturated heterocycles. The number of nitrogens with zero attached hydrogens (tertiary/aromatic N) is 3. The van der Waals surface area contributed by atoms with E-state index in [4.69, 9.17) is 9.15 Å². The van der Waals surface area contributed by atoms with Crippen LogP contribution in [0, 0.1) is 6.92 Å². The number of unbranched alkanes of at least 4 members (excludes halogenated alkanes) is 3. The Bertz CT molecular complexity index is 995. The van der Waals surface area contributed by atoms with Crippen LogP contribution in [0.3, 0.4) is 0 Å². The molecule has 0 aliphatic carbocycles. The molecule has 0 saturated carbocycles. The molecule has 0 unspecified atom stereocenters. The van der Waals surface area contributed by atoms with Gasteiger partial charge in [-0.05, 0) is 43.7 Å². The summed E-state index contributed by atoms with van der Waals surface area (Å²) in [7, 11) is 0. The third-order valence-corrected chi connectivity index (χ3v) is 6.05. The molecule has 152 valence electrons. The van der Waals surface area contributed by atoms with Gasteiger partial charge in [0.2, 0.25) is 17.3 Å². The molecule has 8 heteroatoms. The van der Waals surface area contributed by atoms with E-state index >= 15 is 0 Å². The Morgan fingerprint density at radius 1 is 1.14 bits per heavy atom. The highest BCUT2D eigenvalue weighted by atomic mass is 79.9. The largest absolute Gasteiger partial charge is 0.460 e. The van der Waals surface area contributed by atoms with Crippen molar-refractivity contribution in [2.75, 3.05) is 11.1 Å². The fraction of sp³-hybridized carbons (Fsp3) is 0.381. The van der Waals surface area contributed by atoms with Gasteiger partial charge in [-0.3, -0.25) is 0 Å². The van der Waals surface area contributed by atoms with Crippen molar-refractivity contribution >= 4 is 33.4 Å². The number of nitrogens with one attached hydrogen (secondary N) is 1. The maximum atomic E-state index is 6.22. The average molecular weight is 475 g/mol. The summed E-state index contributed by atoms with van der Waals surface area (Å²) in [5.41, 5.74) is 2.40. The number of rotatable bonds is 7. The number of anilines is 1. The van der Waals surface area contributed by atoms with E-state index in [1.807, 2.05) is 37.3 Å². The van der Waals surface area contributed by atoms with Crippen LogP contribution in [0.4, 0.5) is 5.69 Å². The number of fused-ring (bicyclic) bond motifs is 3. The zero-order valence-corrected chi connectivity index (χ0v) is 18.8. The lowest BCUT2D eigenvalue weighted by Gasteiger charge is -2.16. The lowest BCUT2D eigenvalue weighted by molar-refractivity contribution is 0.194. The van der Waals surface area contributed by atoms with E-state index in [1.165, 1.54) is 19.3 Å². The zero-order chi connectivity index (χ0) is 20.2. The minimum absolute atomic E-state index is 0.458. The van der Waals surface area contributed by atoms with Gasteiger partial charge in [-0.2, -0.15) is 4.98 Å². The van der Waals surface area contributed by atoms with Crippen LogP contribution in [-0.4, -0.2) is 20.9 Å². The van der Waals surface area contributed by atoms with Gasteiger partial charge in [-0.25, -0.2) is 0 Å². The molecule has 6 nitrogen and oxygen atoms in total. The number of aryl methyl sites for hydroxylation is 1. The molecule has 4 rings (SSSR count). The molecular weight excluding hydrogens is 452 g/mol. The highest BCUT2D eigenvalue weighted by molar-refractivity contribution is 9.10. The summed E-state index contributed by atoms with van der Waals surface area (Å²) < 4.78 is 13.0. The fourth-order valence-corrected chi connectivity index (χ4v) is 4.28. The third kappa shape index (κ3) is 4.75. The Hall–Kier alpha value is -2.06. The molecule has 0 bridgehead atoms. The molecule has 1 aromatic carbocycles. The first-order valence-electron chi connectivity index (χ1n) is 9.81. The van der Waals surface area contributed by atoms with Crippen molar-refractivity contribution in [3.05, 3.63) is 46.3 Å². The normalized spacial score (nSPS) is 15.1. The number of thioether (sulfide) groups is 1. The predicted octanol–water partition coefficient (Wildman–Crippen LogP) is 6.38. The molecular formula is C21H23BrN4O2S. The first-order chi connectivity index (χ1) is 14.1. The molecule has 0 amide bonds. The first kappa shape index (κ1) is 20.2. The Morgan fingerprint density at radius 3 is 2.83 bits per heavy atom. The van der Waals surface area contributed by atoms with Crippen LogP contribution < -0.4 is 10.1 Å². The van der Waals surface area contributed by atoms with Crippen molar-refractivity contribution in [3.63, 3.8) is 0 Å². The number of halogens is 1. The Balaban J connectivity index is 1.64. The fourth-order valence-electron chi connectivity index (χ4n) is 3.15. The molecule has 2 aromatic heterocycles. The van der Waals surface area contributed by atoms with Crippen molar-refractivity contribution in [3.8, 4) is 17.1 Å². The summed E-state index contributed by atoms with van der Waals surface area (Å²) >= 11 is 5.16. The molecule has 1 atom stereocenters. The molecule has 1 N–H and O–H groups in total. The van der Waals surface area contributed by atoms with Gasteiger partial charge < -0.3 is 14.5 Å². The number of ether oxygens (including phenoxy) is 1. The van der Waals surface area contributed by atoms with Crippen molar-refractivity contribution in [2.45, 2.75) is 50.9 Å². The highest BCUT2D eigenvalue weighted by Crippen LogP contribution is 2.41. The van der Waals surface area contributed by atoms with Gasteiger partial charge in [0, 0.05) is 21.5 Å². The molecule has 1 aliphatic heterocycles. The summed E-state index contributed by atoms with van der Waals surface area (Å²) in [4.78, 5) is 4.67. The smallest absolute Gasteiger partial charge is 0.247 e. The maximum absolute atomic E-state index is 6.22. The van der Waals surface area contributed by atoms with E-state index in [2.05, 4.69) is 43.4 Å². The highest BCUT2D eigenvalue weighted by Gasteiger charge is 2.28. The standard InChI is InChI=1S/C21H23BrN4O2S/c1-3-4-5-6-11-29-21-24-20-18(25-26-21)15-12-14(22)8-9-16(15)23-19(28-20)17-10-7-13(2)27-17/h7-10,12,19,23H,3-6,11H2,1-2H3/t19-/m0/s1. The van der Waals surface area contributed by atoms with E-state index in [1.54, 1.807) is 11.8 Å². The second kappa shape index (κ2) is 9.17. The monoisotopic (exact) mass is 474 g/mol. The zero-order valence-electron chi connectivity index (χ0n) is 16.4.